The molecule has 1 aliphatic rings. The second-order valence-electron chi connectivity index (χ2n) is 4.78. The molecule has 0 aliphatic carbocycles. The van der Waals surface area contributed by atoms with E-state index in [1.807, 2.05) is 17.3 Å². The summed E-state index contributed by atoms with van der Waals surface area (Å²) >= 11 is 0. The highest BCUT2D eigenvalue weighted by Crippen LogP contribution is 2.23. The van der Waals surface area contributed by atoms with E-state index >= 15 is 0 Å². The SMILES string of the molecule is CCc1nccn1C1CCCN(C(=O)CCN)C1.Cl.Cl. The molecular formula is C13H24Cl2N4O. The van der Waals surface area contributed by atoms with E-state index in [4.69, 9.17) is 5.73 Å². The molecule has 2 N–H and O–H groups in total. The number of halogens is 2. The van der Waals surface area contributed by atoms with Crippen LogP contribution in [0.4, 0.5) is 0 Å². The number of rotatable bonds is 4. The van der Waals surface area contributed by atoms with Gasteiger partial charge in [-0.1, -0.05) is 6.92 Å². The smallest absolute Gasteiger partial charge is 0.223 e. The lowest BCUT2D eigenvalue weighted by atomic mass is 10.0. The molecule has 0 saturated carbocycles. The number of likely N-dealkylation sites (tertiary alicyclic amines) is 1. The predicted octanol–water partition coefficient (Wildman–Crippen LogP) is 1.80. The van der Waals surface area contributed by atoms with Crippen LogP contribution in [0.1, 0.15) is 38.1 Å². The molecule has 5 nitrogen and oxygen atoms in total. The fourth-order valence-electron chi connectivity index (χ4n) is 2.64. The van der Waals surface area contributed by atoms with Gasteiger partial charge in [-0.05, 0) is 12.8 Å². The molecule has 2 heterocycles. The first-order chi connectivity index (χ1) is 8.76. The van der Waals surface area contributed by atoms with Crippen molar-refractivity contribution in [2.75, 3.05) is 19.6 Å². The fourth-order valence-corrected chi connectivity index (χ4v) is 2.64. The molecular weight excluding hydrogens is 299 g/mol. The molecule has 7 heteroatoms. The Balaban J connectivity index is 0.00000180. The Bertz CT molecular complexity index is 411. The highest BCUT2D eigenvalue weighted by molar-refractivity contribution is 5.85. The van der Waals surface area contributed by atoms with Crippen LogP contribution in [-0.4, -0.2) is 40.0 Å². The first kappa shape index (κ1) is 19.2. The van der Waals surface area contributed by atoms with Crippen molar-refractivity contribution in [3.05, 3.63) is 18.2 Å². The van der Waals surface area contributed by atoms with Crippen LogP contribution < -0.4 is 5.73 Å². The number of nitrogens with zero attached hydrogens (tertiary/aromatic N) is 3. The van der Waals surface area contributed by atoms with E-state index < -0.39 is 0 Å². The lowest BCUT2D eigenvalue weighted by Gasteiger charge is -2.34. The minimum absolute atomic E-state index is 0. The van der Waals surface area contributed by atoms with Crippen LogP contribution >= 0.6 is 24.8 Å². The number of carbonyl (C=O) groups excluding carboxylic acids is 1. The van der Waals surface area contributed by atoms with E-state index in [-0.39, 0.29) is 30.7 Å². The Hall–Kier alpha value is -0.780. The lowest BCUT2D eigenvalue weighted by molar-refractivity contribution is -0.132. The third-order valence-corrected chi connectivity index (χ3v) is 3.57. The van der Waals surface area contributed by atoms with Crippen LogP contribution in [0.3, 0.4) is 0 Å². The van der Waals surface area contributed by atoms with Crippen molar-refractivity contribution in [1.82, 2.24) is 14.5 Å². The van der Waals surface area contributed by atoms with E-state index in [2.05, 4.69) is 16.5 Å². The summed E-state index contributed by atoms with van der Waals surface area (Å²) in [6, 6.07) is 0.373. The molecule has 0 bridgehead atoms. The zero-order valence-corrected chi connectivity index (χ0v) is 13.5. The van der Waals surface area contributed by atoms with Crippen molar-refractivity contribution < 1.29 is 4.79 Å². The summed E-state index contributed by atoms with van der Waals surface area (Å²) in [4.78, 5) is 18.2. The van der Waals surface area contributed by atoms with Crippen LogP contribution in [0.2, 0.25) is 0 Å². The highest BCUT2D eigenvalue weighted by Gasteiger charge is 2.25. The molecule has 116 valence electrons. The minimum Gasteiger partial charge on any atom is -0.341 e. The number of amides is 1. The summed E-state index contributed by atoms with van der Waals surface area (Å²) in [5.74, 6) is 1.29. The topological polar surface area (TPSA) is 64.2 Å². The van der Waals surface area contributed by atoms with Gasteiger partial charge in [0.25, 0.3) is 0 Å². The van der Waals surface area contributed by atoms with Gasteiger partial charge in [-0.3, -0.25) is 4.79 Å². The van der Waals surface area contributed by atoms with E-state index in [9.17, 15) is 4.79 Å². The van der Waals surface area contributed by atoms with Crippen molar-refractivity contribution in [1.29, 1.82) is 0 Å². The maximum Gasteiger partial charge on any atom is 0.223 e. The molecule has 20 heavy (non-hydrogen) atoms. The quantitative estimate of drug-likeness (QED) is 0.919. The Kier molecular flexibility index (Phi) is 8.85. The van der Waals surface area contributed by atoms with Crippen molar-refractivity contribution in [2.24, 2.45) is 5.73 Å². The Morgan fingerprint density at radius 2 is 2.25 bits per heavy atom. The molecule has 1 unspecified atom stereocenters. The number of piperidine rings is 1. The molecule has 2 rings (SSSR count). The molecule has 1 aliphatic heterocycles. The molecule has 0 spiro atoms. The molecule has 1 amide bonds. The van der Waals surface area contributed by atoms with Crippen LogP contribution in [0.25, 0.3) is 0 Å². The van der Waals surface area contributed by atoms with Gasteiger partial charge in [-0.15, -0.1) is 24.8 Å². The van der Waals surface area contributed by atoms with Gasteiger partial charge in [-0.25, -0.2) is 4.98 Å². The van der Waals surface area contributed by atoms with Gasteiger partial charge < -0.3 is 15.2 Å². The Labute approximate surface area is 132 Å². The number of nitrogens with two attached hydrogens (primary N) is 1. The second-order valence-corrected chi connectivity index (χ2v) is 4.78. The van der Waals surface area contributed by atoms with Crippen LogP contribution in [0, 0.1) is 0 Å². The summed E-state index contributed by atoms with van der Waals surface area (Å²) in [5, 5.41) is 0. The first-order valence-electron chi connectivity index (χ1n) is 6.75. The number of carbonyl (C=O) groups is 1. The largest absolute Gasteiger partial charge is 0.341 e. The van der Waals surface area contributed by atoms with Crippen LogP contribution in [0.15, 0.2) is 12.4 Å². The van der Waals surface area contributed by atoms with Gasteiger partial charge in [0.2, 0.25) is 5.91 Å². The summed E-state index contributed by atoms with van der Waals surface area (Å²) in [7, 11) is 0. The average molecular weight is 323 g/mol. The van der Waals surface area contributed by atoms with Crippen molar-refractivity contribution in [3.8, 4) is 0 Å². The van der Waals surface area contributed by atoms with Gasteiger partial charge in [0, 0.05) is 44.9 Å². The van der Waals surface area contributed by atoms with E-state index in [0.29, 0.717) is 19.0 Å². The van der Waals surface area contributed by atoms with Gasteiger partial charge in [0.1, 0.15) is 5.82 Å². The summed E-state index contributed by atoms with van der Waals surface area (Å²) < 4.78 is 2.22. The molecule has 0 aromatic carbocycles. The molecule has 1 aromatic rings. The van der Waals surface area contributed by atoms with Crippen molar-refractivity contribution >= 4 is 30.7 Å². The third-order valence-electron chi connectivity index (χ3n) is 3.57. The Morgan fingerprint density at radius 3 is 2.90 bits per heavy atom. The van der Waals surface area contributed by atoms with Gasteiger partial charge in [0.15, 0.2) is 0 Å². The second kappa shape index (κ2) is 9.21. The highest BCUT2D eigenvalue weighted by atomic mass is 35.5. The number of imidazole rings is 1. The predicted molar refractivity (Wildman–Crippen MR) is 84.6 cm³/mol. The lowest BCUT2D eigenvalue weighted by Crippen LogP contribution is -2.41. The van der Waals surface area contributed by atoms with Gasteiger partial charge in [0.05, 0.1) is 6.04 Å². The Morgan fingerprint density at radius 1 is 1.50 bits per heavy atom. The number of aryl methyl sites for hydroxylation is 1. The maximum absolute atomic E-state index is 11.9. The third kappa shape index (κ3) is 4.36. The van der Waals surface area contributed by atoms with Crippen molar-refractivity contribution in [3.63, 3.8) is 0 Å². The normalized spacial score (nSPS) is 18.1. The van der Waals surface area contributed by atoms with Crippen molar-refractivity contribution in [2.45, 2.75) is 38.6 Å². The fraction of sp³-hybridized carbons (Fsp3) is 0.692. The zero-order valence-electron chi connectivity index (χ0n) is 11.8. The van der Waals surface area contributed by atoms with Gasteiger partial charge in [-0.2, -0.15) is 0 Å². The maximum atomic E-state index is 11.9. The summed E-state index contributed by atoms with van der Waals surface area (Å²) in [5.41, 5.74) is 5.45. The van der Waals surface area contributed by atoms with E-state index in [1.54, 1.807) is 0 Å². The minimum atomic E-state index is 0. The molecule has 1 atom stereocenters. The van der Waals surface area contributed by atoms with E-state index in [1.165, 1.54) is 0 Å². The van der Waals surface area contributed by atoms with E-state index in [0.717, 1.165) is 38.2 Å². The number of hydrogen-bond acceptors (Lipinski definition) is 3. The van der Waals surface area contributed by atoms with Crippen LogP contribution in [-0.2, 0) is 11.2 Å². The molecule has 1 aromatic heterocycles. The van der Waals surface area contributed by atoms with Crippen LogP contribution in [0.5, 0.6) is 0 Å². The number of hydrogen-bond donors (Lipinski definition) is 1. The zero-order chi connectivity index (χ0) is 13.0. The number of aromatic nitrogens is 2. The monoisotopic (exact) mass is 322 g/mol. The molecule has 0 radical (unpaired) electrons. The summed E-state index contributed by atoms with van der Waals surface area (Å²) in [6.07, 6.45) is 7.44. The molecule has 1 saturated heterocycles. The first-order valence-corrected chi connectivity index (χ1v) is 6.75. The van der Waals surface area contributed by atoms with Gasteiger partial charge >= 0.3 is 0 Å². The molecule has 1 fully saturated rings. The summed E-state index contributed by atoms with van der Waals surface area (Å²) in [6.45, 7) is 4.21. The standard InChI is InChI=1S/C13H22N4O.2ClH/c1-2-12-15-7-9-17(12)11-4-3-8-16(10-11)13(18)5-6-14;;/h7,9,11H,2-6,8,10,14H2,1H3;2*1H. The average Bonchev–Trinajstić information content (AvgIpc) is 2.87.